The molecule has 0 saturated heterocycles. The van der Waals surface area contributed by atoms with Crippen molar-refractivity contribution >= 4 is 25.3 Å². The van der Waals surface area contributed by atoms with Crippen molar-refractivity contribution in [3.63, 3.8) is 0 Å². The van der Waals surface area contributed by atoms with Crippen molar-refractivity contribution in [1.29, 1.82) is 0 Å². The molecular weight excluding hydrogens is 220 g/mol. The maximum atomic E-state index is 5.68. The molecule has 0 aromatic carbocycles. The minimum absolute atomic E-state index is 0.689. The van der Waals surface area contributed by atoms with Crippen molar-refractivity contribution in [3.05, 3.63) is 0 Å². The number of hydrogen-bond donors (Lipinski definition) is 0. The molecule has 0 amide bonds. The van der Waals surface area contributed by atoms with E-state index in [2.05, 4.69) is 41.5 Å². The fourth-order valence-electron chi connectivity index (χ4n) is 2.73. The van der Waals surface area contributed by atoms with Crippen molar-refractivity contribution < 1.29 is 4.74 Å². The molecule has 15 heavy (non-hydrogen) atoms. The first-order valence-electron chi connectivity index (χ1n) is 5.88. The predicted molar refractivity (Wildman–Crippen MR) is 75.3 cm³/mol. The Labute approximate surface area is 102 Å². The second-order valence-corrected chi connectivity index (χ2v) is 11.9. The molecular formula is C12H26OSSi. The summed E-state index contributed by atoms with van der Waals surface area (Å²) in [5.41, 5.74) is 2.23. The van der Waals surface area contributed by atoms with Gasteiger partial charge in [0.15, 0.2) is 5.05 Å². The van der Waals surface area contributed by atoms with Crippen LogP contribution in [0.4, 0.5) is 0 Å². The van der Waals surface area contributed by atoms with E-state index < -0.39 is 8.07 Å². The van der Waals surface area contributed by atoms with Crippen LogP contribution in [-0.4, -0.2) is 19.4 Å². The molecule has 0 saturated carbocycles. The molecule has 0 fully saturated rings. The largest absolute Gasteiger partial charge is 0.491 e. The fraction of sp³-hybridized carbons (Fsp3) is 0.917. The lowest BCUT2D eigenvalue weighted by Crippen LogP contribution is -2.49. The first-order valence-corrected chi connectivity index (χ1v) is 8.73. The maximum Gasteiger partial charge on any atom is 0.156 e. The van der Waals surface area contributed by atoms with E-state index in [4.69, 9.17) is 17.0 Å². The topological polar surface area (TPSA) is 9.23 Å². The molecule has 0 N–H and O–H groups in total. The summed E-state index contributed by atoms with van der Waals surface area (Å²) >= 11 is 5.02. The number of ether oxygens (including phenoxy) is 1. The van der Waals surface area contributed by atoms with Crippen LogP contribution in [0.5, 0.6) is 0 Å². The van der Waals surface area contributed by atoms with Crippen LogP contribution in [-0.2, 0) is 4.74 Å². The number of rotatable bonds is 5. The van der Waals surface area contributed by atoms with Gasteiger partial charge in [-0.15, -0.1) is 0 Å². The summed E-state index contributed by atoms with van der Waals surface area (Å²) in [6.45, 7) is 15.9. The highest BCUT2D eigenvalue weighted by Crippen LogP contribution is 2.41. The molecule has 0 aliphatic heterocycles. The Hall–Kier alpha value is 0.107. The monoisotopic (exact) mass is 246 g/mol. The van der Waals surface area contributed by atoms with Gasteiger partial charge in [-0.2, -0.15) is 0 Å². The third-order valence-electron chi connectivity index (χ3n) is 3.75. The van der Waals surface area contributed by atoms with Crippen molar-refractivity contribution in [2.24, 2.45) is 0 Å². The maximum absolute atomic E-state index is 5.68. The number of thiocarbonyl (C=S) groups is 1. The summed E-state index contributed by atoms with van der Waals surface area (Å²) < 4.78 is 5.68. The van der Waals surface area contributed by atoms with Crippen LogP contribution < -0.4 is 0 Å². The molecule has 3 heteroatoms. The smallest absolute Gasteiger partial charge is 0.156 e. The van der Waals surface area contributed by atoms with Gasteiger partial charge in [-0.05, 0) is 28.8 Å². The SMILES string of the molecule is CC(=S)OC[Si](C(C)C)(C(C)C)C(C)C. The summed E-state index contributed by atoms with van der Waals surface area (Å²) in [6.07, 6.45) is 0.884. The van der Waals surface area contributed by atoms with Crippen LogP contribution in [0.15, 0.2) is 0 Å². The summed E-state index contributed by atoms with van der Waals surface area (Å²) in [7, 11) is -1.40. The highest BCUT2D eigenvalue weighted by Gasteiger charge is 2.43. The Morgan fingerprint density at radius 2 is 1.33 bits per heavy atom. The molecule has 0 aliphatic rings. The highest BCUT2D eigenvalue weighted by molar-refractivity contribution is 7.80. The molecule has 1 nitrogen and oxygen atoms in total. The van der Waals surface area contributed by atoms with Gasteiger partial charge < -0.3 is 4.74 Å². The van der Waals surface area contributed by atoms with Crippen molar-refractivity contribution in [3.8, 4) is 0 Å². The van der Waals surface area contributed by atoms with E-state index in [-0.39, 0.29) is 0 Å². The molecule has 0 spiro atoms. The zero-order valence-corrected chi connectivity index (χ0v) is 13.1. The zero-order valence-electron chi connectivity index (χ0n) is 11.3. The average molecular weight is 246 g/mol. The molecule has 0 aromatic rings. The molecule has 0 atom stereocenters. The van der Waals surface area contributed by atoms with Gasteiger partial charge in [-0.25, -0.2) is 0 Å². The van der Waals surface area contributed by atoms with Gasteiger partial charge in [0.2, 0.25) is 0 Å². The third-order valence-corrected chi connectivity index (χ3v) is 11.0. The minimum Gasteiger partial charge on any atom is -0.491 e. The van der Waals surface area contributed by atoms with Crippen molar-refractivity contribution in [1.82, 2.24) is 0 Å². The van der Waals surface area contributed by atoms with Crippen molar-refractivity contribution in [2.75, 3.05) is 6.23 Å². The van der Waals surface area contributed by atoms with Gasteiger partial charge in [0, 0.05) is 6.92 Å². The minimum atomic E-state index is -1.40. The molecule has 0 unspecified atom stereocenters. The Balaban J connectivity index is 4.88. The van der Waals surface area contributed by atoms with Crippen LogP contribution >= 0.6 is 12.2 Å². The van der Waals surface area contributed by atoms with Crippen LogP contribution in [0.25, 0.3) is 0 Å². The molecule has 0 heterocycles. The van der Waals surface area contributed by atoms with E-state index in [0.717, 1.165) is 22.9 Å². The Morgan fingerprint density at radius 1 is 1.00 bits per heavy atom. The standard InChI is InChI=1S/C12H26OSSi/c1-9(2)15(10(3)4,11(5)6)8-13-12(7)14/h9-11H,8H2,1-7H3. The number of hydrogen-bond acceptors (Lipinski definition) is 2. The van der Waals surface area contributed by atoms with Crippen LogP contribution in [0.1, 0.15) is 48.5 Å². The van der Waals surface area contributed by atoms with Crippen LogP contribution in [0.3, 0.4) is 0 Å². The fourth-order valence-corrected chi connectivity index (χ4v) is 8.36. The second kappa shape index (κ2) is 5.99. The second-order valence-electron chi connectivity index (χ2n) is 5.36. The molecule has 0 aliphatic carbocycles. The Bertz CT molecular complexity index is 190. The third kappa shape index (κ3) is 3.56. The normalized spacial score (nSPS) is 12.7. The van der Waals surface area contributed by atoms with Gasteiger partial charge in [0.25, 0.3) is 0 Å². The average Bonchev–Trinajstić information content (AvgIpc) is 2.02. The Kier molecular flexibility index (Phi) is 6.04. The Morgan fingerprint density at radius 3 is 1.53 bits per heavy atom. The van der Waals surface area contributed by atoms with E-state index in [1.54, 1.807) is 0 Å². The predicted octanol–water partition coefficient (Wildman–Crippen LogP) is 4.57. The van der Waals surface area contributed by atoms with E-state index in [9.17, 15) is 0 Å². The summed E-state index contributed by atoms with van der Waals surface area (Å²) in [6, 6.07) is 0. The first kappa shape index (κ1) is 15.1. The van der Waals surface area contributed by atoms with Gasteiger partial charge in [-0.3, -0.25) is 0 Å². The molecule has 0 aromatic heterocycles. The summed E-state index contributed by atoms with van der Waals surface area (Å²) in [5, 5.41) is 0.689. The van der Waals surface area contributed by atoms with E-state index in [1.165, 1.54) is 0 Å². The molecule has 0 rings (SSSR count). The van der Waals surface area contributed by atoms with E-state index >= 15 is 0 Å². The first-order chi connectivity index (χ1) is 6.75. The van der Waals surface area contributed by atoms with E-state index in [1.807, 2.05) is 6.92 Å². The summed E-state index contributed by atoms with van der Waals surface area (Å²) in [5.74, 6) is 0. The lowest BCUT2D eigenvalue weighted by molar-refractivity contribution is 0.362. The molecule has 0 radical (unpaired) electrons. The zero-order chi connectivity index (χ0) is 12.2. The van der Waals surface area contributed by atoms with Gasteiger partial charge >= 0.3 is 0 Å². The van der Waals surface area contributed by atoms with Crippen molar-refractivity contribution in [2.45, 2.75) is 65.1 Å². The lowest BCUT2D eigenvalue weighted by Gasteiger charge is -2.42. The molecule has 0 bridgehead atoms. The quantitative estimate of drug-likeness (QED) is 0.519. The van der Waals surface area contributed by atoms with Gasteiger partial charge in [0.05, 0.1) is 6.23 Å². The lowest BCUT2D eigenvalue weighted by atomic mass is 10.5. The van der Waals surface area contributed by atoms with E-state index in [0.29, 0.717) is 5.05 Å². The van der Waals surface area contributed by atoms with Crippen LogP contribution in [0, 0.1) is 0 Å². The van der Waals surface area contributed by atoms with Gasteiger partial charge in [-0.1, -0.05) is 41.5 Å². The van der Waals surface area contributed by atoms with Crippen LogP contribution in [0.2, 0.25) is 16.6 Å². The highest BCUT2D eigenvalue weighted by atomic mass is 32.1. The van der Waals surface area contributed by atoms with Gasteiger partial charge in [0.1, 0.15) is 8.07 Å². The summed E-state index contributed by atoms with van der Waals surface area (Å²) in [4.78, 5) is 0. The molecule has 90 valence electrons.